The van der Waals surface area contributed by atoms with Crippen molar-refractivity contribution in [3.63, 3.8) is 0 Å². The Kier molecular flexibility index (Phi) is 4.98. The molecule has 0 aliphatic heterocycles. The van der Waals surface area contributed by atoms with Gasteiger partial charge >= 0.3 is 5.97 Å². The molecule has 1 amide bonds. The van der Waals surface area contributed by atoms with Crippen molar-refractivity contribution in [3.05, 3.63) is 30.1 Å². The van der Waals surface area contributed by atoms with E-state index in [0.29, 0.717) is 6.54 Å². The molecule has 0 aliphatic carbocycles. The lowest BCUT2D eigenvalue weighted by atomic mass is 10.2. The molecule has 1 aromatic heterocycles. The standard InChI is InChI=1S/C11H14N2O3/c1-16-11(15)8-10(14)13-7-4-9-2-5-12-6-3-9/h2-3,5-6H,4,7-8H2,1H3,(H,13,14). The molecule has 0 saturated carbocycles. The molecular formula is C11H14N2O3. The molecule has 0 radical (unpaired) electrons. The molecule has 0 spiro atoms. The molecule has 0 bridgehead atoms. The first-order valence-corrected chi connectivity index (χ1v) is 4.95. The topological polar surface area (TPSA) is 68.3 Å². The Morgan fingerprint density at radius 3 is 2.69 bits per heavy atom. The number of amides is 1. The van der Waals surface area contributed by atoms with Gasteiger partial charge in [0.15, 0.2) is 0 Å². The second-order valence-corrected chi connectivity index (χ2v) is 3.21. The van der Waals surface area contributed by atoms with Crippen LogP contribution < -0.4 is 5.32 Å². The van der Waals surface area contributed by atoms with E-state index in [4.69, 9.17) is 0 Å². The number of methoxy groups -OCH3 is 1. The number of nitrogens with zero attached hydrogens (tertiary/aromatic N) is 1. The number of carbonyl (C=O) groups is 2. The third-order valence-electron chi connectivity index (χ3n) is 2.02. The van der Waals surface area contributed by atoms with Gasteiger partial charge in [0.1, 0.15) is 6.42 Å². The number of hydrogen-bond donors (Lipinski definition) is 1. The first-order chi connectivity index (χ1) is 7.72. The van der Waals surface area contributed by atoms with Gasteiger partial charge in [-0.15, -0.1) is 0 Å². The summed E-state index contributed by atoms with van der Waals surface area (Å²) in [6.45, 7) is 0.500. The maximum atomic E-state index is 11.2. The minimum atomic E-state index is -0.526. The van der Waals surface area contributed by atoms with Crippen molar-refractivity contribution in [2.24, 2.45) is 0 Å². The number of carbonyl (C=O) groups excluding carboxylic acids is 2. The van der Waals surface area contributed by atoms with Gasteiger partial charge in [0.25, 0.3) is 0 Å². The third-order valence-corrected chi connectivity index (χ3v) is 2.02. The summed E-state index contributed by atoms with van der Waals surface area (Å²) in [5, 5.41) is 2.64. The van der Waals surface area contributed by atoms with Crippen molar-refractivity contribution >= 4 is 11.9 Å². The largest absolute Gasteiger partial charge is 0.469 e. The normalized spacial score (nSPS) is 9.56. The lowest BCUT2D eigenvalue weighted by Gasteiger charge is -2.04. The van der Waals surface area contributed by atoms with E-state index in [1.165, 1.54) is 7.11 Å². The van der Waals surface area contributed by atoms with E-state index in [9.17, 15) is 9.59 Å². The van der Waals surface area contributed by atoms with Crippen molar-refractivity contribution in [2.75, 3.05) is 13.7 Å². The molecule has 0 atom stereocenters. The van der Waals surface area contributed by atoms with Crippen molar-refractivity contribution in [3.8, 4) is 0 Å². The monoisotopic (exact) mass is 222 g/mol. The van der Waals surface area contributed by atoms with Crippen LogP contribution in [0.2, 0.25) is 0 Å². The first-order valence-electron chi connectivity index (χ1n) is 4.95. The fraction of sp³-hybridized carbons (Fsp3) is 0.364. The van der Waals surface area contributed by atoms with E-state index in [2.05, 4.69) is 15.0 Å². The van der Waals surface area contributed by atoms with Crippen LogP contribution in [0.3, 0.4) is 0 Å². The highest BCUT2D eigenvalue weighted by molar-refractivity contribution is 5.94. The zero-order valence-electron chi connectivity index (χ0n) is 9.10. The summed E-state index contributed by atoms with van der Waals surface area (Å²) in [6.07, 6.45) is 3.89. The second kappa shape index (κ2) is 6.55. The van der Waals surface area contributed by atoms with E-state index in [1.807, 2.05) is 12.1 Å². The molecule has 0 saturated heterocycles. The zero-order valence-corrected chi connectivity index (χ0v) is 9.10. The quantitative estimate of drug-likeness (QED) is 0.575. The average Bonchev–Trinajstić information content (AvgIpc) is 2.30. The van der Waals surface area contributed by atoms with Crippen LogP contribution in [0.1, 0.15) is 12.0 Å². The van der Waals surface area contributed by atoms with E-state index >= 15 is 0 Å². The van der Waals surface area contributed by atoms with Crippen LogP contribution in [-0.4, -0.2) is 30.5 Å². The minimum Gasteiger partial charge on any atom is -0.469 e. The number of esters is 1. The zero-order chi connectivity index (χ0) is 11.8. The van der Waals surface area contributed by atoms with Crippen LogP contribution in [0.4, 0.5) is 0 Å². The summed E-state index contributed by atoms with van der Waals surface area (Å²) in [5.74, 6) is -0.845. The molecule has 0 aliphatic rings. The summed E-state index contributed by atoms with van der Waals surface area (Å²) >= 11 is 0. The highest BCUT2D eigenvalue weighted by Crippen LogP contribution is 1.96. The van der Waals surface area contributed by atoms with Gasteiger partial charge in [-0.3, -0.25) is 14.6 Å². The Bertz CT molecular complexity index is 352. The number of pyridine rings is 1. The predicted molar refractivity (Wildman–Crippen MR) is 57.6 cm³/mol. The lowest BCUT2D eigenvalue weighted by Crippen LogP contribution is -2.28. The molecule has 1 aromatic rings. The van der Waals surface area contributed by atoms with Gasteiger partial charge < -0.3 is 10.1 Å². The molecule has 1 heterocycles. The van der Waals surface area contributed by atoms with Gasteiger partial charge in [0.2, 0.25) is 5.91 Å². The summed E-state index contributed by atoms with van der Waals surface area (Å²) < 4.78 is 4.38. The molecule has 0 fully saturated rings. The average molecular weight is 222 g/mol. The fourth-order valence-corrected chi connectivity index (χ4v) is 1.16. The lowest BCUT2D eigenvalue weighted by molar-refractivity contribution is -0.143. The van der Waals surface area contributed by atoms with E-state index in [1.54, 1.807) is 12.4 Å². The van der Waals surface area contributed by atoms with Crippen LogP contribution in [0.5, 0.6) is 0 Å². The molecule has 0 unspecified atom stereocenters. The molecule has 86 valence electrons. The Morgan fingerprint density at radius 1 is 1.38 bits per heavy atom. The Morgan fingerprint density at radius 2 is 2.06 bits per heavy atom. The number of aromatic nitrogens is 1. The molecule has 5 heteroatoms. The van der Waals surface area contributed by atoms with Crippen molar-refractivity contribution in [2.45, 2.75) is 12.8 Å². The van der Waals surface area contributed by atoms with Gasteiger partial charge in [0.05, 0.1) is 7.11 Å². The van der Waals surface area contributed by atoms with Crippen molar-refractivity contribution < 1.29 is 14.3 Å². The third kappa shape index (κ3) is 4.54. The van der Waals surface area contributed by atoms with Crippen molar-refractivity contribution in [1.82, 2.24) is 10.3 Å². The maximum Gasteiger partial charge on any atom is 0.315 e. The van der Waals surface area contributed by atoms with Crippen LogP contribution in [0.15, 0.2) is 24.5 Å². The Labute approximate surface area is 93.8 Å². The predicted octanol–water partition coefficient (Wildman–Crippen LogP) is 0.303. The SMILES string of the molecule is COC(=O)CC(=O)NCCc1ccncc1. The molecule has 1 rings (SSSR count). The van der Waals surface area contributed by atoms with Gasteiger partial charge in [0, 0.05) is 18.9 Å². The summed E-state index contributed by atoms with van der Waals surface area (Å²) in [7, 11) is 1.26. The minimum absolute atomic E-state index is 0.229. The van der Waals surface area contributed by atoms with E-state index < -0.39 is 5.97 Å². The van der Waals surface area contributed by atoms with Gasteiger partial charge in [-0.2, -0.15) is 0 Å². The first kappa shape index (κ1) is 12.2. The maximum absolute atomic E-state index is 11.2. The second-order valence-electron chi connectivity index (χ2n) is 3.21. The molecule has 5 nitrogen and oxygen atoms in total. The number of rotatable bonds is 5. The van der Waals surface area contributed by atoms with Gasteiger partial charge in [-0.1, -0.05) is 0 Å². The van der Waals surface area contributed by atoms with Gasteiger partial charge in [-0.05, 0) is 24.1 Å². The number of nitrogens with one attached hydrogen (secondary N) is 1. The fourth-order valence-electron chi connectivity index (χ4n) is 1.16. The highest BCUT2D eigenvalue weighted by Gasteiger charge is 2.07. The molecular weight excluding hydrogens is 208 g/mol. The van der Waals surface area contributed by atoms with E-state index in [0.717, 1.165) is 12.0 Å². The number of ether oxygens (including phenoxy) is 1. The van der Waals surface area contributed by atoms with Gasteiger partial charge in [-0.25, -0.2) is 0 Å². The summed E-state index contributed by atoms with van der Waals surface area (Å²) in [4.78, 5) is 25.8. The highest BCUT2D eigenvalue weighted by atomic mass is 16.5. The smallest absolute Gasteiger partial charge is 0.315 e. The Balaban J connectivity index is 2.21. The van der Waals surface area contributed by atoms with Crippen molar-refractivity contribution in [1.29, 1.82) is 0 Å². The summed E-state index contributed by atoms with van der Waals surface area (Å²) in [6, 6.07) is 3.76. The molecule has 16 heavy (non-hydrogen) atoms. The Hall–Kier alpha value is -1.91. The van der Waals surface area contributed by atoms with Crippen LogP contribution in [0.25, 0.3) is 0 Å². The van der Waals surface area contributed by atoms with Crippen LogP contribution in [0, 0.1) is 0 Å². The van der Waals surface area contributed by atoms with E-state index in [-0.39, 0.29) is 12.3 Å². The number of hydrogen-bond acceptors (Lipinski definition) is 4. The van der Waals surface area contributed by atoms with Crippen LogP contribution >= 0.6 is 0 Å². The molecule has 1 N–H and O–H groups in total. The molecule has 0 aromatic carbocycles. The van der Waals surface area contributed by atoms with Crippen LogP contribution in [-0.2, 0) is 20.7 Å². The summed E-state index contributed by atoms with van der Waals surface area (Å²) in [5.41, 5.74) is 1.09.